The molecule has 92 valence electrons. The largest absolute Gasteiger partial charge is 0.454 e. The molecule has 0 spiro atoms. The number of hydrogen-bond acceptors (Lipinski definition) is 6. The van der Waals surface area contributed by atoms with Gasteiger partial charge in [-0.2, -0.15) is 0 Å². The predicted octanol–water partition coefficient (Wildman–Crippen LogP) is 1.92. The number of hydrogen-bond donors (Lipinski definition) is 2. The molecule has 1 aromatic carbocycles. The number of nitrogens with one attached hydrogen (secondary N) is 1. The number of benzene rings is 1. The first-order chi connectivity index (χ1) is 8.78. The van der Waals surface area contributed by atoms with Gasteiger partial charge in [0.1, 0.15) is 5.82 Å². The maximum absolute atomic E-state index is 5.35. The lowest BCUT2D eigenvalue weighted by Crippen LogP contribution is -2.09. The van der Waals surface area contributed by atoms with Crippen LogP contribution < -0.4 is 20.7 Å². The Kier molecular flexibility index (Phi) is 2.77. The molecule has 0 fully saturated rings. The molecule has 0 aliphatic carbocycles. The number of anilines is 1. The summed E-state index contributed by atoms with van der Waals surface area (Å²) in [6.07, 6.45) is 1.63. The van der Waals surface area contributed by atoms with Crippen LogP contribution in [-0.4, -0.2) is 16.8 Å². The van der Waals surface area contributed by atoms with E-state index in [-0.39, 0.29) is 6.79 Å². The van der Waals surface area contributed by atoms with Crippen molar-refractivity contribution in [3.05, 3.63) is 28.9 Å². The third-order valence-electron chi connectivity index (χ3n) is 2.49. The van der Waals surface area contributed by atoms with E-state index in [0.717, 1.165) is 10.0 Å². The van der Waals surface area contributed by atoms with E-state index in [9.17, 15) is 0 Å². The monoisotopic (exact) mass is 308 g/mol. The van der Waals surface area contributed by atoms with Crippen molar-refractivity contribution in [2.45, 2.75) is 0 Å². The minimum atomic E-state index is 0.225. The van der Waals surface area contributed by atoms with Crippen LogP contribution >= 0.6 is 15.9 Å². The number of fused-ring (bicyclic) bond motifs is 1. The predicted molar refractivity (Wildman–Crippen MR) is 69.1 cm³/mol. The van der Waals surface area contributed by atoms with E-state index in [4.69, 9.17) is 15.3 Å². The summed E-state index contributed by atoms with van der Waals surface area (Å²) in [5.41, 5.74) is 3.31. The van der Waals surface area contributed by atoms with Crippen LogP contribution in [0.15, 0.2) is 28.9 Å². The van der Waals surface area contributed by atoms with Gasteiger partial charge in [0.2, 0.25) is 6.79 Å². The minimum absolute atomic E-state index is 0.225. The summed E-state index contributed by atoms with van der Waals surface area (Å²) in [7, 11) is 0. The van der Waals surface area contributed by atoms with Crippen molar-refractivity contribution in [3.8, 4) is 22.9 Å². The average molecular weight is 309 g/mol. The van der Waals surface area contributed by atoms with E-state index in [1.54, 1.807) is 12.3 Å². The SMILES string of the molecule is NNc1ccnc(-c2cc(Br)c3c(c2)OCO3)n1. The van der Waals surface area contributed by atoms with E-state index in [1.807, 2.05) is 12.1 Å². The van der Waals surface area contributed by atoms with E-state index >= 15 is 0 Å². The van der Waals surface area contributed by atoms with Crippen LogP contribution in [0.3, 0.4) is 0 Å². The van der Waals surface area contributed by atoms with Crippen molar-refractivity contribution in [1.82, 2.24) is 9.97 Å². The Morgan fingerprint density at radius 3 is 3.06 bits per heavy atom. The number of ether oxygens (including phenoxy) is 2. The van der Waals surface area contributed by atoms with Crippen LogP contribution in [0.1, 0.15) is 0 Å². The zero-order valence-electron chi connectivity index (χ0n) is 9.18. The van der Waals surface area contributed by atoms with E-state index in [1.165, 1.54) is 0 Å². The van der Waals surface area contributed by atoms with Crippen molar-refractivity contribution >= 4 is 21.7 Å². The first kappa shape index (κ1) is 11.2. The van der Waals surface area contributed by atoms with E-state index in [0.29, 0.717) is 23.1 Å². The van der Waals surface area contributed by atoms with E-state index < -0.39 is 0 Å². The summed E-state index contributed by atoms with van der Waals surface area (Å²) >= 11 is 3.43. The first-order valence-corrected chi connectivity index (χ1v) is 5.96. The molecule has 1 aliphatic rings. The van der Waals surface area contributed by atoms with Crippen LogP contribution in [0.4, 0.5) is 5.82 Å². The van der Waals surface area contributed by atoms with Gasteiger partial charge < -0.3 is 14.9 Å². The van der Waals surface area contributed by atoms with Crippen LogP contribution in [0.25, 0.3) is 11.4 Å². The number of aromatic nitrogens is 2. The second kappa shape index (κ2) is 4.43. The fourth-order valence-electron chi connectivity index (χ4n) is 1.67. The van der Waals surface area contributed by atoms with Crippen LogP contribution in [0.5, 0.6) is 11.5 Å². The molecule has 18 heavy (non-hydrogen) atoms. The maximum atomic E-state index is 5.35. The Morgan fingerprint density at radius 2 is 2.22 bits per heavy atom. The standard InChI is InChI=1S/C11H9BrN4O2/c12-7-3-6(4-8-10(7)18-5-17-8)11-14-2-1-9(15-11)16-13/h1-4H,5,13H2,(H,14,15,16). The summed E-state index contributed by atoms with van der Waals surface area (Å²) < 4.78 is 11.5. The molecule has 3 rings (SSSR count). The van der Waals surface area contributed by atoms with Gasteiger partial charge in [-0.15, -0.1) is 0 Å². The fraction of sp³-hybridized carbons (Fsp3) is 0.0909. The molecule has 0 saturated heterocycles. The van der Waals surface area contributed by atoms with Gasteiger partial charge in [0.15, 0.2) is 17.3 Å². The second-order valence-corrected chi connectivity index (χ2v) is 4.46. The van der Waals surface area contributed by atoms with Gasteiger partial charge in [-0.1, -0.05) is 0 Å². The third kappa shape index (κ3) is 1.87. The molecule has 2 heterocycles. The van der Waals surface area contributed by atoms with Crippen LogP contribution in [0, 0.1) is 0 Å². The zero-order valence-corrected chi connectivity index (χ0v) is 10.8. The highest BCUT2D eigenvalue weighted by atomic mass is 79.9. The minimum Gasteiger partial charge on any atom is -0.454 e. The van der Waals surface area contributed by atoms with Crippen molar-refractivity contribution in [2.75, 3.05) is 12.2 Å². The van der Waals surface area contributed by atoms with Gasteiger partial charge >= 0.3 is 0 Å². The molecule has 7 heteroatoms. The average Bonchev–Trinajstić information content (AvgIpc) is 2.87. The highest BCUT2D eigenvalue weighted by Crippen LogP contribution is 2.41. The smallest absolute Gasteiger partial charge is 0.231 e. The van der Waals surface area contributed by atoms with Gasteiger partial charge in [0, 0.05) is 17.8 Å². The van der Waals surface area contributed by atoms with Crippen molar-refractivity contribution < 1.29 is 9.47 Å². The molecule has 1 aromatic heterocycles. The third-order valence-corrected chi connectivity index (χ3v) is 3.08. The molecular formula is C11H9BrN4O2. The quantitative estimate of drug-likeness (QED) is 0.651. The normalized spacial score (nSPS) is 12.6. The Hall–Kier alpha value is -1.86. The van der Waals surface area contributed by atoms with Gasteiger partial charge in [0.25, 0.3) is 0 Å². The Morgan fingerprint density at radius 1 is 1.33 bits per heavy atom. The number of nitrogen functional groups attached to an aromatic ring is 1. The van der Waals surface area contributed by atoms with Crippen LogP contribution in [0.2, 0.25) is 0 Å². The molecule has 0 bridgehead atoms. The van der Waals surface area contributed by atoms with Gasteiger partial charge in [-0.3, -0.25) is 0 Å². The Bertz CT molecular complexity index is 606. The lowest BCUT2D eigenvalue weighted by molar-refractivity contribution is 0.173. The molecule has 0 radical (unpaired) electrons. The van der Waals surface area contributed by atoms with Crippen molar-refractivity contribution in [3.63, 3.8) is 0 Å². The molecular weight excluding hydrogens is 300 g/mol. The lowest BCUT2D eigenvalue weighted by atomic mass is 10.2. The highest BCUT2D eigenvalue weighted by molar-refractivity contribution is 9.10. The summed E-state index contributed by atoms with van der Waals surface area (Å²) in [5.74, 6) is 7.81. The van der Waals surface area contributed by atoms with Crippen LogP contribution in [-0.2, 0) is 0 Å². The van der Waals surface area contributed by atoms with Crippen molar-refractivity contribution in [1.29, 1.82) is 0 Å². The number of halogens is 1. The summed E-state index contributed by atoms with van der Waals surface area (Å²) in [6, 6.07) is 5.40. The van der Waals surface area contributed by atoms with Crippen molar-refractivity contribution in [2.24, 2.45) is 5.84 Å². The van der Waals surface area contributed by atoms with Gasteiger partial charge in [-0.05, 0) is 28.1 Å². The molecule has 0 saturated carbocycles. The van der Waals surface area contributed by atoms with E-state index in [2.05, 4.69) is 31.3 Å². The summed E-state index contributed by atoms with van der Waals surface area (Å²) in [5, 5.41) is 0. The summed E-state index contributed by atoms with van der Waals surface area (Å²) in [6.45, 7) is 0.225. The second-order valence-electron chi connectivity index (χ2n) is 3.60. The van der Waals surface area contributed by atoms with Gasteiger partial charge in [0.05, 0.1) is 4.47 Å². The molecule has 0 atom stereocenters. The lowest BCUT2D eigenvalue weighted by Gasteiger charge is -2.05. The molecule has 0 unspecified atom stereocenters. The summed E-state index contributed by atoms with van der Waals surface area (Å²) in [4.78, 5) is 8.46. The number of rotatable bonds is 2. The first-order valence-electron chi connectivity index (χ1n) is 5.17. The molecule has 6 nitrogen and oxygen atoms in total. The molecule has 0 amide bonds. The molecule has 1 aliphatic heterocycles. The number of nitrogens with zero attached hydrogens (tertiary/aromatic N) is 2. The maximum Gasteiger partial charge on any atom is 0.231 e. The fourth-order valence-corrected chi connectivity index (χ4v) is 2.23. The zero-order chi connectivity index (χ0) is 12.5. The topological polar surface area (TPSA) is 82.3 Å². The highest BCUT2D eigenvalue weighted by Gasteiger charge is 2.19. The Balaban J connectivity index is 2.09. The molecule has 2 aromatic rings. The Labute approximate surface area is 111 Å². The van der Waals surface area contributed by atoms with Gasteiger partial charge in [-0.25, -0.2) is 15.8 Å². The number of hydrazine groups is 1. The number of nitrogens with two attached hydrogens (primary N) is 1. The molecule has 3 N–H and O–H groups in total.